The smallest absolute Gasteiger partial charge is 0.248 e. The van der Waals surface area contributed by atoms with Gasteiger partial charge in [-0.2, -0.15) is 9.29 Å². The number of ether oxygens (including phenoxy) is 1. The molecular weight excluding hydrogens is 346 g/mol. The Morgan fingerprint density at radius 3 is 2.72 bits per heavy atom. The predicted molar refractivity (Wildman–Crippen MR) is 90.1 cm³/mol. The molecule has 1 atom stereocenters. The minimum absolute atomic E-state index is 0.141. The fraction of sp³-hybridized carbons (Fsp3) is 0.533. The lowest BCUT2D eigenvalue weighted by molar-refractivity contribution is 0.206. The Balaban J connectivity index is 1.73. The number of hydrogen-bond acceptors (Lipinski definition) is 8. The molecule has 0 N–H and O–H groups in total. The van der Waals surface area contributed by atoms with Crippen molar-refractivity contribution in [3.05, 3.63) is 23.8 Å². The molecule has 3 heterocycles. The zero-order valence-corrected chi connectivity index (χ0v) is 15.4. The Labute approximate surface area is 146 Å². The van der Waals surface area contributed by atoms with Gasteiger partial charge in [0.15, 0.2) is 11.6 Å². The van der Waals surface area contributed by atoms with Gasteiger partial charge in [-0.15, -0.1) is 0 Å². The molecule has 10 heteroatoms. The third kappa shape index (κ3) is 3.45. The third-order valence-corrected chi connectivity index (χ3v) is 6.13. The van der Waals surface area contributed by atoms with E-state index in [2.05, 4.69) is 15.1 Å². The zero-order valence-electron chi connectivity index (χ0n) is 14.6. The lowest BCUT2D eigenvalue weighted by Crippen LogP contribution is -2.31. The summed E-state index contributed by atoms with van der Waals surface area (Å²) in [6.07, 6.45) is 3.46. The van der Waals surface area contributed by atoms with Crippen LogP contribution in [-0.2, 0) is 10.0 Å². The molecule has 1 saturated heterocycles. The Kier molecular flexibility index (Phi) is 4.65. The van der Waals surface area contributed by atoms with Gasteiger partial charge in [-0.1, -0.05) is 5.16 Å². The molecule has 2 aromatic rings. The molecule has 0 saturated carbocycles. The van der Waals surface area contributed by atoms with E-state index in [0.717, 1.165) is 0 Å². The Bertz CT molecular complexity index is 845. The monoisotopic (exact) mass is 367 g/mol. The highest BCUT2D eigenvalue weighted by molar-refractivity contribution is 7.89. The topological polar surface area (TPSA) is 102 Å². The van der Waals surface area contributed by atoms with Crippen LogP contribution >= 0.6 is 0 Å². The minimum Gasteiger partial charge on any atom is -0.472 e. The molecule has 1 fully saturated rings. The second-order valence-electron chi connectivity index (χ2n) is 6.15. The van der Waals surface area contributed by atoms with Crippen molar-refractivity contribution in [3.63, 3.8) is 0 Å². The van der Waals surface area contributed by atoms with Gasteiger partial charge in [0.05, 0.1) is 18.9 Å². The Morgan fingerprint density at radius 2 is 2.08 bits per heavy atom. The molecule has 0 amide bonds. The Hall–Kier alpha value is -2.20. The molecule has 2 aromatic heterocycles. The molecule has 0 spiro atoms. The summed E-state index contributed by atoms with van der Waals surface area (Å²) < 4.78 is 37.8. The van der Waals surface area contributed by atoms with Crippen LogP contribution in [0, 0.1) is 13.8 Å². The average Bonchev–Trinajstić information content (AvgIpc) is 3.15. The number of hydrogen-bond donors (Lipinski definition) is 0. The predicted octanol–water partition coefficient (Wildman–Crippen LogP) is 0.989. The lowest BCUT2D eigenvalue weighted by Gasteiger charge is -2.17. The molecule has 9 nitrogen and oxygen atoms in total. The van der Waals surface area contributed by atoms with E-state index < -0.39 is 10.0 Å². The summed E-state index contributed by atoms with van der Waals surface area (Å²) in [6, 6.07) is 0. The van der Waals surface area contributed by atoms with Crippen molar-refractivity contribution in [3.8, 4) is 5.88 Å². The van der Waals surface area contributed by atoms with Crippen LogP contribution < -0.4 is 9.64 Å². The molecule has 0 unspecified atom stereocenters. The third-order valence-electron chi connectivity index (χ3n) is 4.02. The van der Waals surface area contributed by atoms with Crippen LogP contribution in [0.15, 0.2) is 21.8 Å². The van der Waals surface area contributed by atoms with Crippen molar-refractivity contribution < 1.29 is 17.7 Å². The molecule has 136 valence electrons. The van der Waals surface area contributed by atoms with E-state index in [4.69, 9.17) is 9.26 Å². The average molecular weight is 367 g/mol. The van der Waals surface area contributed by atoms with Crippen molar-refractivity contribution in [1.29, 1.82) is 0 Å². The van der Waals surface area contributed by atoms with E-state index in [1.807, 2.05) is 19.0 Å². The molecule has 0 aliphatic carbocycles. The van der Waals surface area contributed by atoms with Crippen molar-refractivity contribution >= 4 is 15.8 Å². The first-order chi connectivity index (χ1) is 11.8. The molecule has 25 heavy (non-hydrogen) atoms. The van der Waals surface area contributed by atoms with Crippen LogP contribution in [0.3, 0.4) is 0 Å². The van der Waals surface area contributed by atoms with E-state index in [1.54, 1.807) is 20.0 Å². The second-order valence-corrected chi connectivity index (χ2v) is 8.03. The van der Waals surface area contributed by atoms with E-state index >= 15 is 0 Å². The van der Waals surface area contributed by atoms with Gasteiger partial charge in [0.2, 0.25) is 15.9 Å². The van der Waals surface area contributed by atoms with Crippen molar-refractivity contribution in [2.45, 2.75) is 31.3 Å². The van der Waals surface area contributed by atoms with Crippen LogP contribution in [0.25, 0.3) is 0 Å². The number of anilines is 1. The van der Waals surface area contributed by atoms with Crippen LogP contribution in [0.1, 0.15) is 17.9 Å². The number of sulfonamides is 1. The summed E-state index contributed by atoms with van der Waals surface area (Å²) in [5, 5.41) is 3.73. The number of nitrogens with zero attached hydrogens (tertiary/aromatic N) is 5. The summed E-state index contributed by atoms with van der Waals surface area (Å²) in [5.41, 5.74) is 0.367. The van der Waals surface area contributed by atoms with Gasteiger partial charge in [0.1, 0.15) is 16.7 Å². The van der Waals surface area contributed by atoms with Crippen molar-refractivity contribution in [2.75, 3.05) is 32.1 Å². The fourth-order valence-corrected chi connectivity index (χ4v) is 4.54. The summed E-state index contributed by atoms with van der Waals surface area (Å²) in [5.74, 6) is 1.36. The van der Waals surface area contributed by atoms with Crippen LogP contribution in [-0.4, -0.2) is 61.1 Å². The largest absolute Gasteiger partial charge is 0.472 e. The molecule has 3 rings (SSSR count). The van der Waals surface area contributed by atoms with Crippen molar-refractivity contribution in [2.24, 2.45) is 0 Å². The van der Waals surface area contributed by atoms with Gasteiger partial charge < -0.3 is 14.2 Å². The highest BCUT2D eigenvalue weighted by Gasteiger charge is 2.37. The molecule has 0 bridgehead atoms. The molecule has 1 aliphatic rings. The number of aryl methyl sites for hydroxylation is 2. The standard InChI is InChI=1S/C15H21N5O4S/c1-10-15(11(2)24-18-10)25(21,22)20-6-5-12(9-20)23-14-8-16-7-13(17-14)19(3)4/h7-8,12H,5-6,9H2,1-4H3/t12-/m0/s1. The number of rotatable bonds is 5. The minimum atomic E-state index is -3.65. The normalized spacial score (nSPS) is 18.5. The van der Waals surface area contributed by atoms with Gasteiger partial charge in [-0.05, 0) is 20.3 Å². The van der Waals surface area contributed by atoms with Crippen LogP contribution in [0.4, 0.5) is 5.82 Å². The zero-order chi connectivity index (χ0) is 18.2. The van der Waals surface area contributed by atoms with Gasteiger partial charge in [0, 0.05) is 20.6 Å². The van der Waals surface area contributed by atoms with Gasteiger partial charge >= 0.3 is 0 Å². The molecule has 1 aliphatic heterocycles. The number of aromatic nitrogens is 3. The SMILES string of the molecule is Cc1noc(C)c1S(=O)(=O)N1CC[C@H](Oc2cncc(N(C)C)n2)C1. The van der Waals surface area contributed by atoms with Gasteiger partial charge in [0.25, 0.3) is 0 Å². The maximum absolute atomic E-state index is 12.8. The summed E-state index contributed by atoms with van der Waals surface area (Å²) in [4.78, 5) is 10.4. The second kappa shape index (κ2) is 6.60. The molecule has 0 aromatic carbocycles. The quantitative estimate of drug-likeness (QED) is 0.771. The highest BCUT2D eigenvalue weighted by atomic mass is 32.2. The lowest BCUT2D eigenvalue weighted by atomic mass is 10.3. The Morgan fingerprint density at radius 1 is 1.32 bits per heavy atom. The first-order valence-electron chi connectivity index (χ1n) is 7.88. The van der Waals surface area contributed by atoms with E-state index in [1.165, 1.54) is 10.5 Å². The van der Waals surface area contributed by atoms with Crippen LogP contribution in [0.2, 0.25) is 0 Å². The first-order valence-corrected chi connectivity index (χ1v) is 9.32. The van der Waals surface area contributed by atoms with E-state index in [0.29, 0.717) is 36.1 Å². The maximum Gasteiger partial charge on any atom is 0.248 e. The van der Waals surface area contributed by atoms with Crippen LogP contribution in [0.5, 0.6) is 5.88 Å². The van der Waals surface area contributed by atoms with Gasteiger partial charge in [-0.25, -0.2) is 8.42 Å². The fourth-order valence-electron chi connectivity index (χ4n) is 2.77. The van der Waals surface area contributed by atoms with Gasteiger partial charge in [-0.3, -0.25) is 4.98 Å². The maximum atomic E-state index is 12.8. The summed E-state index contributed by atoms with van der Waals surface area (Å²) in [6.45, 7) is 3.84. The van der Waals surface area contributed by atoms with Crippen molar-refractivity contribution in [1.82, 2.24) is 19.4 Å². The molecule has 0 radical (unpaired) electrons. The summed E-state index contributed by atoms with van der Waals surface area (Å²) in [7, 11) is 0.0741. The van der Waals surface area contributed by atoms with E-state index in [-0.39, 0.29) is 17.5 Å². The molecular formula is C15H21N5O4S. The highest BCUT2D eigenvalue weighted by Crippen LogP contribution is 2.27. The van der Waals surface area contributed by atoms with E-state index in [9.17, 15) is 8.42 Å². The summed E-state index contributed by atoms with van der Waals surface area (Å²) >= 11 is 0. The first kappa shape index (κ1) is 17.6.